The minimum atomic E-state index is -3.59. The molecule has 3 aromatic rings. The molecule has 6 rings (SSSR count). The lowest BCUT2D eigenvalue weighted by molar-refractivity contribution is -0.154. The number of allylic oxidation sites excluding steroid dienone is 1. The van der Waals surface area contributed by atoms with Gasteiger partial charge in [-0.1, -0.05) is 78.7 Å². The van der Waals surface area contributed by atoms with Crippen LogP contribution in [0.2, 0.25) is 10.0 Å². The zero-order chi connectivity index (χ0) is 30.4. The summed E-state index contributed by atoms with van der Waals surface area (Å²) in [5.41, 5.74) is 1.97. The Labute approximate surface area is 265 Å². The second kappa shape index (κ2) is 11.9. The molecule has 0 aromatic heterocycles. The molecule has 1 saturated heterocycles. The van der Waals surface area contributed by atoms with Gasteiger partial charge in [-0.05, 0) is 92.0 Å². The van der Waals surface area contributed by atoms with Crippen molar-refractivity contribution in [2.24, 2.45) is 11.3 Å². The predicted molar refractivity (Wildman–Crippen MR) is 175 cm³/mol. The lowest BCUT2D eigenvalue weighted by Gasteiger charge is -2.53. The number of likely N-dealkylation sites (tertiary alicyclic amines) is 1. The van der Waals surface area contributed by atoms with Gasteiger partial charge in [0.05, 0.1) is 35.0 Å². The van der Waals surface area contributed by atoms with Gasteiger partial charge in [-0.2, -0.15) is 0 Å². The number of nitrogens with zero attached hydrogens (tertiary/aromatic N) is 2. The third-order valence-corrected chi connectivity index (χ3v) is 12.1. The van der Waals surface area contributed by atoms with Crippen LogP contribution in [-0.2, 0) is 14.8 Å². The van der Waals surface area contributed by atoms with Crippen LogP contribution < -0.4 is 4.31 Å². The maximum absolute atomic E-state index is 14.9. The van der Waals surface area contributed by atoms with E-state index in [0.717, 1.165) is 24.0 Å². The highest BCUT2D eigenvalue weighted by Gasteiger charge is 2.54. The Hall–Kier alpha value is -2.80. The summed E-state index contributed by atoms with van der Waals surface area (Å²) in [6.07, 6.45) is 6.21. The van der Waals surface area contributed by atoms with Crippen LogP contribution in [0.15, 0.2) is 91.5 Å². The van der Waals surface area contributed by atoms with Crippen molar-refractivity contribution in [3.8, 4) is 0 Å². The SMILES string of the molecule is C=CC[C@@]1(C)C[C@H](c2cccc(Cl)c2)[C@@H](c2ccc(Cl)cc2)N([C@H](CN(c2ccccc2)S(=O)(=O)C2CC2)C2CC2)C1=O. The van der Waals surface area contributed by atoms with E-state index in [0.29, 0.717) is 41.4 Å². The van der Waals surface area contributed by atoms with E-state index in [-0.39, 0.29) is 41.6 Å². The molecular formula is C35H38Cl2N2O3S. The van der Waals surface area contributed by atoms with Crippen LogP contribution in [0.25, 0.3) is 0 Å². The van der Waals surface area contributed by atoms with Crippen molar-refractivity contribution in [3.05, 3.63) is 113 Å². The summed E-state index contributed by atoms with van der Waals surface area (Å²) in [5, 5.41) is 0.894. The number of hydrogen-bond donors (Lipinski definition) is 0. The van der Waals surface area contributed by atoms with Gasteiger partial charge in [-0.25, -0.2) is 8.42 Å². The zero-order valence-electron chi connectivity index (χ0n) is 24.4. The fraction of sp³-hybridized carbons (Fsp3) is 0.400. The molecule has 3 fully saturated rings. The van der Waals surface area contributed by atoms with Crippen LogP contribution in [0.1, 0.15) is 68.5 Å². The van der Waals surface area contributed by atoms with Crippen molar-refractivity contribution in [1.82, 2.24) is 4.90 Å². The minimum absolute atomic E-state index is 0.0411. The van der Waals surface area contributed by atoms with Gasteiger partial charge in [0.2, 0.25) is 15.9 Å². The second-order valence-electron chi connectivity index (χ2n) is 12.6. The molecule has 0 unspecified atom stereocenters. The molecule has 226 valence electrons. The van der Waals surface area contributed by atoms with E-state index in [1.165, 1.54) is 0 Å². The molecule has 0 N–H and O–H groups in total. The Morgan fingerprint density at radius 3 is 2.26 bits per heavy atom. The minimum Gasteiger partial charge on any atom is -0.329 e. The summed E-state index contributed by atoms with van der Waals surface area (Å²) >= 11 is 12.9. The highest BCUT2D eigenvalue weighted by molar-refractivity contribution is 7.93. The first-order valence-electron chi connectivity index (χ1n) is 15.1. The van der Waals surface area contributed by atoms with Gasteiger partial charge in [-0.15, -0.1) is 6.58 Å². The summed E-state index contributed by atoms with van der Waals surface area (Å²) in [5.74, 6) is 0.166. The van der Waals surface area contributed by atoms with Crippen LogP contribution in [0.3, 0.4) is 0 Å². The van der Waals surface area contributed by atoms with Crippen LogP contribution in [-0.4, -0.2) is 37.1 Å². The Balaban J connectivity index is 1.51. The van der Waals surface area contributed by atoms with E-state index in [1.807, 2.05) is 85.8 Å². The normalized spacial score (nSPS) is 24.9. The molecule has 2 aliphatic carbocycles. The molecule has 4 atom stereocenters. The van der Waals surface area contributed by atoms with Crippen LogP contribution in [0, 0.1) is 11.3 Å². The number of hydrogen-bond acceptors (Lipinski definition) is 3. The number of anilines is 1. The van der Waals surface area contributed by atoms with Crippen molar-refractivity contribution in [2.75, 3.05) is 10.8 Å². The molecule has 5 nitrogen and oxygen atoms in total. The number of carbonyl (C=O) groups is 1. The Morgan fingerprint density at radius 2 is 1.65 bits per heavy atom. The molecule has 2 saturated carbocycles. The molecule has 3 aliphatic rings. The quantitative estimate of drug-likeness (QED) is 0.199. The van der Waals surface area contributed by atoms with Gasteiger partial charge >= 0.3 is 0 Å². The third kappa shape index (κ3) is 6.11. The number of sulfonamides is 1. The average molecular weight is 638 g/mol. The maximum atomic E-state index is 14.9. The number of halogens is 2. The van der Waals surface area contributed by atoms with Crippen LogP contribution >= 0.6 is 23.2 Å². The molecule has 0 spiro atoms. The summed E-state index contributed by atoms with van der Waals surface area (Å²) in [4.78, 5) is 16.9. The number of rotatable bonds is 11. The van der Waals surface area contributed by atoms with Gasteiger partial charge in [0.15, 0.2) is 0 Å². The van der Waals surface area contributed by atoms with Gasteiger partial charge in [0, 0.05) is 16.0 Å². The highest BCUT2D eigenvalue weighted by atomic mass is 35.5. The van der Waals surface area contributed by atoms with Gasteiger partial charge in [0.1, 0.15) is 0 Å². The Morgan fingerprint density at radius 1 is 0.953 bits per heavy atom. The number of amides is 1. The van der Waals surface area contributed by atoms with E-state index < -0.39 is 15.4 Å². The molecule has 3 aromatic carbocycles. The molecule has 1 aliphatic heterocycles. The molecule has 43 heavy (non-hydrogen) atoms. The molecular weight excluding hydrogens is 599 g/mol. The number of carbonyl (C=O) groups excluding carboxylic acids is 1. The van der Waals surface area contributed by atoms with E-state index in [1.54, 1.807) is 4.31 Å². The first kappa shape index (κ1) is 30.2. The number of para-hydroxylation sites is 1. The van der Waals surface area contributed by atoms with Crippen LogP contribution in [0.5, 0.6) is 0 Å². The summed E-state index contributed by atoms with van der Waals surface area (Å²) in [6, 6.07) is 24.4. The molecule has 1 amide bonds. The fourth-order valence-electron chi connectivity index (χ4n) is 6.86. The highest BCUT2D eigenvalue weighted by Crippen LogP contribution is 2.54. The van der Waals surface area contributed by atoms with Gasteiger partial charge in [-0.3, -0.25) is 9.10 Å². The van der Waals surface area contributed by atoms with E-state index >= 15 is 0 Å². The Kier molecular flexibility index (Phi) is 8.40. The third-order valence-electron chi connectivity index (χ3n) is 9.36. The van der Waals surface area contributed by atoms with Crippen molar-refractivity contribution in [3.63, 3.8) is 0 Å². The average Bonchev–Trinajstić information content (AvgIpc) is 3.90. The first-order chi connectivity index (χ1) is 20.6. The smallest absolute Gasteiger partial charge is 0.238 e. The van der Waals surface area contributed by atoms with E-state index in [2.05, 4.69) is 17.5 Å². The second-order valence-corrected chi connectivity index (χ2v) is 15.7. The van der Waals surface area contributed by atoms with Crippen molar-refractivity contribution < 1.29 is 13.2 Å². The monoisotopic (exact) mass is 636 g/mol. The predicted octanol–water partition coefficient (Wildman–Crippen LogP) is 8.41. The van der Waals surface area contributed by atoms with Crippen molar-refractivity contribution in [1.29, 1.82) is 0 Å². The zero-order valence-corrected chi connectivity index (χ0v) is 26.7. The van der Waals surface area contributed by atoms with E-state index in [4.69, 9.17) is 23.2 Å². The lowest BCUT2D eigenvalue weighted by Crippen LogP contribution is -2.59. The summed E-state index contributed by atoms with van der Waals surface area (Å²) in [6.45, 7) is 6.25. The van der Waals surface area contributed by atoms with Crippen molar-refractivity contribution >= 4 is 44.8 Å². The fourth-order valence-corrected chi connectivity index (χ4v) is 9.06. The topological polar surface area (TPSA) is 57.7 Å². The summed E-state index contributed by atoms with van der Waals surface area (Å²) in [7, 11) is -3.59. The largest absolute Gasteiger partial charge is 0.329 e. The van der Waals surface area contributed by atoms with Gasteiger partial charge < -0.3 is 4.90 Å². The standard InChI is InChI=1S/C35H38Cl2N2O3S/c1-3-20-35(2)22-31(26-8-7-9-28(37)21-26)33(25-14-16-27(36)17-15-25)39(34(35)40)32(24-12-13-24)23-38(29-10-5-4-6-11-29)43(41,42)30-18-19-30/h3-11,14-17,21,24,30-33H,1,12-13,18-20,22-23H2,2H3/t31-,32-,33-,35+/m1/s1. The lowest BCUT2D eigenvalue weighted by atomic mass is 9.67. The van der Waals surface area contributed by atoms with Gasteiger partial charge in [0.25, 0.3) is 0 Å². The number of benzene rings is 3. The molecule has 0 radical (unpaired) electrons. The molecule has 1 heterocycles. The van der Waals surface area contributed by atoms with E-state index in [9.17, 15) is 13.2 Å². The molecule has 0 bridgehead atoms. The molecule has 8 heteroatoms. The van der Waals surface area contributed by atoms with Crippen LogP contribution in [0.4, 0.5) is 5.69 Å². The summed E-state index contributed by atoms with van der Waals surface area (Å²) < 4.78 is 29.5. The number of piperidine rings is 1. The van der Waals surface area contributed by atoms with Crippen molar-refractivity contribution in [2.45, 2.75) is 68.7 Å². The first-order valence-corrected chi connectivity index (χ1v) is 17.4. The Bertz CT molecular complexity index is 1590. The maximum Gasteiger partial charge on any atom is 0.238 e.